The van der Waals surface area contributed by atoms with Gasteiger partial charge in [-0.2, -0.15) is 0 Å². The third-order valence-electron chi connectivity index (χ3n) is 1.13. The molecule has 0 saturated carbocycles. The van der Waals surface area contributed by atoms with E-state index in [-0.39, 0.29) is 0 Å². The Morgan fingerprint density at radius 3 is 2.70 bits per heavy atom. The molecule has 1 N–H and O–H groups in total. The number of rotatable bonds is 4. The Morgan fingerprint density at radius 1 is 1.70 bits per heavy atom. The summed E-state index contributed by atoms with van der Waals surface area (Å²) in [6.07, 6.45) is 3.57. The molecule has 0 fully saturated rings. The number of carboxylic acids is 1. The van der Waals surface area contributed by atoms with Crippen LogP contribution in [0.25, 0.3) is 0 Å². The number of allylic oxidation sites excluding steroid dienone is 1. The maximum atomic E-state index is 10.2. The molecule has 0 radical (unpaired) electrons. The van der Waals surface area contributed by atoms with Gasteiger partial charge in [0.2, 0.25) is 0 Å². The number of carbonyl (C=O) groups is 1. The molecule has 0 aliphatic carbocycles. The van der Waals surface area contributed by atoms with Crippen LogP contribution in [0.5, 0.6) is 0 Å². The number of hydrogen-bond acceptors (Lipinski definition) is 1. The quantitative estimate of drug-likeness (QED) is 0.435. The Balaban J connectivity index is 3.58. The minimum absolute atomic E-state index is 0.431. The minimum Gasteiger partial charge on any atom is -0.478 e. The molecule has 2 nitrogen and oxygen atoms in total. The SMILES string of the molecule is CC(=CCCCBr)C(=O)O. The van der Waals surface area contributed by atoms with Crippen molar-refractivity contribution in [3.8, 4) is 0 Å². The van der Waals surface area contributed by atoms with E-state index >= 15 is 0 Å². The van der Waals surface area contributed by atoms with Crippen LogP contribution in [-0.4, -0.2) is 16.4 Å². The number of halogens is 1. The molecule has 0 aliphatic rings. The van der Waals surface area contributed by atoms with E-state index in [2.05, 4.69) is 15.9 Å². The van der Waals surface area contributed by atoms with Crippen LogP contribution >= 0.6 is 15.9 Å². The molecular formula is C7H11BrO2. The van der Waals surface area contributed by atoms with Crippen LogP contribution in [0.15, 0.2) is 11.6 Å². The highest BCUT2D eigenvalue weighted by Gasteiger charge is 1.96. The molecule has 10 heavy (non-hydrogen) atoms. The molecule has 3 heteroatoms. The Bertz CT molecular complexity index is 141. The first kappa shape index (κ1) is 9.69. The van der Waals surface area contributed by atoms with E-state index in [1.54, 1.807) is 13.0 Å². The van der Waals surface area contributed by atoms with Crippen LogP contribution in [0.1, 0.15) is 19.8 Å². The fourth-order valence-corrected chi connectivity index (χ4v) is 0.807. The van der Waals surface area contributed by atoms with E-state index in [1.165, 1.54) is 0 Å². The zero-order valence-electron chi connectivity index (χ0n) is 5.93. The number of aliphatic carboxylic acids is 1. The highest BCUT2D eigenvalue weighted by molar-refractivity contribution is 9.09. The highest BCUT2D eigenvalue weighted by Crippen LogP contribution is 1.99. The van der Waals surface area contributed by atoms with Crippen LogP contribution < -0.4 is 0 Å². The zero-order chi connectivity index (χ0) is 7.98. The lowest BCUT2D eigenvalue weighted by Crippen LogP contribution is -1.95. The lowest BCUT2D eigenvalue weighted by atomic mass is 10.2. The van der Waals surface area contributed by atoms with Crippen molar-refractivity contribution >= 4 is 21.9 Å². The van der Waals surface area contributed by atoms with Gasteiger partial charge in [-0.15, -0.1) is 0 Å². The zero-order valence-corrected chi connectivity index (χ0v) is 7.52. The van der Waals surface area contributed by atoms with E-state index in [9.17, 15) is 4.79 Å². The number of unbranched alkanes of at least 4 members (excludes halogenated alkanes) is 1. The summed E-state index contributed by atoms with van der Waals surface area (Å²) in [6, 6.07) is 0. The first-order chi connectivity index (χ1) is 4.68. The molecule has 0 aromatic heterocycles. The lowest BCUT2D eigenvalue weighted by Gasteiger charge is -1.91. The van der Waals surface area contributed by atoms with Gasteiger partial charge in [0.15, 0.2) is 0 Å². The van der Waals surface area contributed by atoms with E-state index in [4.69, 9.17) is 5.11 Å². The summed E-state index contributed by atoms with van der Waals surface area (Å²) < 4.78 is 0. The summed E-state index contributed by atoms with van der Waals surface area (Å²) in [5.74, 6) is -0.824. The Kier molecular flexibility index (Phi) is 5.30. The van der Waals surface area contributed by atoms with E-state index in [0.717, 1.165) is 18.2 Å². The molecule has 0 bridgehead atoms. The maximum absolute atomic E-state index is 10.2. The van der Waals surface area contributed by atoms with Crippen molar-refractivity contribution in [2.24, 2.45) is 0 Å². The van der Waals surface area contributed by atoms with Crippen molar-refractivity contribution in [2.45, 2.75) is 19.8 Å². The van der Waals surface area contributed by atoms with Gasteiger partial charge in [0.05, 0.1) is 0 Å². The molecular weight excluding hydrogens is 196 g/mol. The Labute approximate surface area is 69.1 Å². The van der Waals surface area contributed by atoms with Crippen molar-refractivity contribution in [1.29, 1.82) is 0 Å². The number of hydrogen-bond donors (Lipinski definition) is 1. The fraction of sp³-hybridized carbons (Fsp3) is 0.571. The molecule has 0 heterocycles. The standard InChI is InChI=1S/C7H11BrO2/c1-6(7(9)10)4-2-3-5-8/h4H,2-3,5H2,1H3,(H,9,10). The average Bonchev–Trinajstić information content (AvgIpc) is 1.88. The fourth-order valence-electron chi connectivity index (χ4n) is 0.483. The van der Waals surface area contributed by atoms with Gasteiger partial charge in [-0.3, -0.25) is 0 Å². The normalized spacial score (nSPS) is 11.6. The Morgan fingerprint density at radius 2 is 2.30 bits per heavy atom. The molecule has 0 amide bonds. The van der Waals surface area contributed by atoms with Gasteiger partial charge >= 0.3 is 5.97 Å². The molecule has 0 unspecified atom stereocenters. The number of carboxylic acid groups (broad SMARTS) is 1. The first-order valence-electron chi connectivity index (χ1n) is 3.14. The molecule has 0 aromatic rings. The monoisotopic (exact) mass is 206 g/mol. The molecule has 0 spiro atoms. The van der Waals surface area contributed by atoms with Gasteiger partial charge in [-0.05, 0) is 19.8 Å². The summed E-state index contributed by atoms with van der Waals surface area (Å²) in [4.78, 5) is 10.2. The van der Waals surface area contributed by atoms with Crippen LogP contribution in [0.4, 0.5) is 0 Å². The van der Waals surface area contributed by atoms with Crippen LogP contribution in [0.2, 0.25) is 0 Å². The van der Waals surface area contributed by atoms with Crippen molar-refractivity contribution in [2.75, 3.05) is 5.33 Å². The molecule has 0 saturated heterocycles. The van der Waals surface area contributed by atoms with Gasteiger partial charge in [-0.1, -0.05) is 22.0 Å². The molecule has 58 valence electrons. The largest absolute Gasteiger partial charge is 0.478 e. The number of alkyl halides is 1. The van der Waals surface area contributed by atoms with Crippen LogP contribution in [-0.2, 0) is 4.79 Å². The predicted molar refractivity (Wildman–Crippen MR) is 44.4 cm³/mol. The summed E-state index contributed by atoms with van der Waals surface area (Å²) in [7, 11) is 0. The second-order valence-corrected chi connectivity index (χ2v) is 2.82. The average molecular weight is 207 g/mol. The van der Waals surface area contributed by atoms with Crippen molar-refractivity contribution in [3.05, 3.63) is 11.6 Å². The summed E-state index contributed by atoms with van der Waals surface area (Å²) >= 11 is 3.26. The van der Waals surface area contributed by atoms with Crippen molar-refractivity contribution in [3.63, 3.8) is 0 Å². The summed E-state index contributed by atoms with van der Waals surface area (Å²) in [5.41, 5.74) is 0.431. The molecule has 0 rings (SSSR count). The maximum Gasteiger partial charge on any atom is 0.330 e. The topological polar surface area (TPSA) is 37.3 Å². The first-order valence-corrected chi connectivity index (χ1v) is 4.26. The second-order valence-electron chi connectivity index (χ2n) is 2.02. The highest BCUT2D eigenvalue weighted by atomic mass is 79.9. The van der Waals surface area contributed by atoms with Gasteiger partial charge < -0.3 is 5.11 Å². The van der Waals surface area contributed by atoms with Crippen molar-refractivity contribution < 1.29 is 9.90 Å². The summed E-state index contributed by atoms with van der Waals surface area (Å²) in [5, 5.41) is 9.33. The second kappa shape index (κ2) is 5.47. The van der Waals surface area contributed by atoms with Gasteiger partial charge in [0.25, 0.3) is 0 Å². The van der Waals surface area contributed by atoms with Gasteiger partial charge in [0.1, 0.15) is 0 Å². The molecule has 0 atom stereocenters. The predicted octanol–water partition coefficient (Wildman–Crippen LogP) is 2.19. The molecule has 0 aliphatic heterocycles. The minimum atomic E-state index is -0.824. The van der Waals surface area contributed by atoms with Crippen LogP contribution in [0, 0.1) is 0 Å². The smallest absolute Gasteiger partial charge is 0.330 e. The summed E-state index contributed by atoms with van der Waals surface area (Å²) in [6.45, 7) is 1.61. The van der Waals surface area contributed by atoms with Crippen LogP contribution in [0.3, 0.4) is 0 Å². The lowest BCUT2D eigenvalue weighted by molar-refractivity contribution is -0.132. The van der Waals surface area contributed by atoms with Gasteiger partial charge in [0, 0.05) is 10.9 Å². The third kappa shape index (κ3) is 4.56. The Hall–Kier alpha value is -0.310. The van der Waals surface area contributed by atoms with E-state index in [0.29, 0.717) is 5.57 Å². The van der Waals surface area contributed by atoms with Gasteiger partial charge in [-0.25, -0.2) is 4.79 Å². The van der Waals surface area contributed by atoms with E-state index < -0.39 is 5.97 Å². The van der Waals surface area contributed by atoms with Crippen molar-refractivity contribution in [1.82, 2.24) is 0 Å². The van der Waals surface area contributed by atoms with E-state index in [1.807, 2.05) is 0 Å². The third-order valence-corrected chi connectivity index (χ3v) is 1.69. The molecule has 0 aromatic carbocycles.